The number of sulfone groups is 1. The normalized spacial score (nSPS) is 15.6. The standard InChI is InChI=1S/C24H23ClN4O5S4/c1-37(31,32)18-4-5-19-20(13-18)35-24(27-19)29(15-16-3-2-10-26-14-16)23(30)17-8-11-28(12-9-17)38(33,34)22-7-6-21(25)36-22/h2-7,10,13-14,17H,8-9,11-12,15H2,1H3. The molecule has 4 heterocycles. The van der Waals surface area contributed by atoms with Crippen molar-refractivity contribution in [3.8, 4) is 0 Å². The highest BCUT2D eigenvalue weighted by molar-refractivity contribution is 7.91. The molecule has 3 aromatic heterocycles. The number of hydrogen-bond donors (Lipinski definition) is 0. The van der Waals surface area contributed by atoms with Crippen LogP contribution in [0.25, 0.3) is 10.2 Å². The molecular weight excluding hydrogens is 588 g/mol. The fourth-order valence-corrected chi connectivity index (χ4v) is 9.12. The Hall–Kier alpha value is -2.42. The molecule has 0 saturated carbocycles. The number of carbonyl (C=O) groups is 1. The van der Waals surface area contributed by atoms with Gasteiger partial charge < -0.3 is 0 Å². The Balaban J connectivity index is 1.40. The lowest BCUT2D eigenvalue weighted by atomic mass is 9.96. The minimum atomic E-state index is -3.67. The number of anilines is 1. The average molecular weight is 611 g/mol. The molecule has 38 heavy (non-hydrogen) atoms. The molecule has 200 valence electrons. The first-order chi connectivity index (χ1) is 18.0. The van der Waals surface area contributed by atoms with Gasteiger partial charge in [-0.3, -0.25) is 14.7 Å². The van der Waals surface area contributed by atoms with E-state index < -0.39 is 25.8 Å². The number of piperidine rings is 1. The molecule has 0 spiro atoms. The van der Waals surface area contributed by atoms with Crippen LogP contribution >= 0.6 is 34.3 Å². The number of fused-ring (bicyclic) bond motifs is 1. The maximum absolute atomic E-state index is 13.8. The number of thiazole rings is 1. The summed E-state index contributed by atoms with van der Waals surface area (Å²) >= 11 is 8.19. The lowest BCUT2D eigenvalue weighted by Gasteiger charge is -2.32. The van der Waals surface area contributed by atoms with Gasteiger partial charge in [0.2, 0.25) is 5.91 Å². The van der Waals surface area contributed by atoms with Crippen molar-refractivity contribution in [2.45, 2.75) is 28.5 Å². The second-order valence-corrected chi connectivity index (χ2v) is 15.8. The lowest BCUT2D eigenvalue weighted by molar-refractivity contribution is -0.123. The van der Waals surface area contributed by atoms with Gasteiger partial charge in [0.15, 0.2) is 15.0 Å². The van der Waals surface area contributed by atoms with Gasteiger partial charge in [0.25, 0.3) is 10.0 Å². The summed E-state index contributed by atoms with van der Waals surface area (Å²) in [6, 6.07) is 11.4. The van der Waals surface area contributed by atoms with Gasteiger partial charge in [-0.15, -0.1) is 11.3 Å². The maximum Gasteiger partial charge on any atom is 0.252 e. The smallest absolute Gasteiger partial charge is 0.252 e. The molecule has 5 rings (SSSR count). The van der Waals surface area contributed by atoms with Crippen LogP contribution in [-0.4, -0.2) is 56.4 Å². The number of hydrogen-bond acceptors (Lipinski definition) is 9. The van der Waals surface area contributed by atoms with Crippen LogP contribution in [-0.2, 0) is 31.2 Å². The van der Waals surface area contributed by atoms with Crippen LogP contribution in [0.3, 0.4) is 0 Å². The zero-order valence-electron chi connectivity index (χ0n) is 20.2. The SMILES string of the molecule is CS(=O)(=O)c1ccc2nc(N(Cc3cccnc3)C(=O)C3CCN(S(=O)(=O)c4ccc(Cl)s4)CC3)sc2c1. The molecule has 1 saturated heterocycles. The molecule has 4 aromatic rings. The highest BCUT2D eigenvalue weighted by Gasteiger charge is 2.35. The van der Waals surface area contributed by atoms with Crippen molar-refractivity contribution >= 4 is 75.4 Å². The van der Waals surface area contributed by atoms with Crippen molar-refractivity contribution < 1.29 is 21.6 Å². The fraction of sp³-hybridized carbons (Fsp3) is 0.292. The summed E-state index contributed by atoms with van der Waals surface area (Å²) in [5.41, 5.74) is 1.41. The third kappa shape index (κ3) is 5.63. The number of pyridine rings is 1. The van der Waals surface area contributed by atoms with E-state index >= 15 is 0 Å². The van der Waals surface area contributed by atoms with Gasteiger partial charge in [0.1, 0.15) is 4.21 Å². The molecule has 1 aliphatic heterocycles. The van der Waals surface area contributed by atoms with Crippen molar-refractivity contribution in [2.24, 2.45) is 5.92 Å². The summed E-state index contributed by atoms with van der Waals surface area (Å²) in [5.74, 6) is -0.559. The molecule has 1 fully saturated rings. The molecule has 1 amide bonds. The van der Waals surface area contributed by atoms with Crippen LogP contribution < -0.4 is 4.90 Å². The number of amides is 1. The van der Waals surface area contributed by atoms with Crippen molar-refractivity contribution in [3.63, 3.8) is 0 Å². The number of nitrogens with zero attached hydrogens (tertiary/aromatic N) is 4. The number of benzene rings is 1. The minimum absolute atomic E-state index is 0.160. The quantitative estimate of drug-likeness (QED) is 0.303. The number of aromatic nitrogens is 2. The van der Waals surface area contributed by atoms with Gasteiger partial charge in [0.05, 0.1) is 26.0 Å². The number of carbonyl (C=O) groups excluding carboxylic acids is 1. The van der Waals surface area contributed by atoms with Crippen LogP contribution in [0.2, 0.25) is 4.34 Å². The zero-order valence-corrected chi connectivity index (χ0v) is 24.2. The number of halogens is 1. The second kappa shape index (κ2) is 10.6. The van der Waals surface area contributed by atoms with Crippen LogP contribution in [0.15, 0.2) is 64.0 Å². The van der Waals surface area contributed by atoms with E-state index in [1.807, 2.05) is 6.07 Å². The largest absolute Gasteiger partial charge is 0.283 e. The van der Waals surface area contributed by atoms with E-state index in [4.69, 9.17) is 11.6 Å². The summed E-state index contributed by atoms with van der Waals surface area (Å²) < 4.78 is 52.7. The monoisotopic (exact) mass is 610 g/mol. The first-order valence-corrected chi connectivity index (χ1v) is 16.9. The molecule has 1 aromatic carbocycles. The summed E-state index contributed by atoms with van der Waals surface area (Å²) in [4.78, 5) is 24.4. The van der Waals surface area contributed by atoms with Crippen LogP contribution in [0.4, 0.5) is 5.13 Å². The van der Waals surface area contributed by atoms with E-state index in [2.05, 4.69) is 9.97 Å². The topological polar surface area (TPSA) is 118 Å². The second-order valence-electron chi connectivity index (χ2n) is 8.92. The van der Waals surface area contributed by atoms with Gasteiger partial charge in [-0.05, 0) is 54.8 Å². The van der Waals surface area contributed by atoms with Gasteiger partial charge in [0, 0.05) is 37.7 Å². The molecule has 0 aliphatic carbocycles. The highest BCUT2D eigenvalue weighted by atomic mass is 35.5. The Kier molecular flexibility index (Phi) is 7.59. The Labute approximate surface area is 233 Å². The van der Waals surface area contributed by atoms with Crippen molar-refractivity contribution in [2.75, 3.05) is 24.2 Å². The third-order valence-electron chi connectivity index (χ3n) is 6.28. The molecule has 0 radical (unpaired) electrons. The van der Waals surface area contributed by atoms with Crippen molar-refractivity contribution in [1.29, 1.82) is 0 Å². The van der Waals surface area contributed by atoms with Gasteiger partial charge in [-0.2, -0.15) is 4.31 Å². The maximum atomic E-state index is 13.8. The summed E-state index contributed by atoms with van der Waals surface area (Å²) in [6.07, 6.45) is 5.20. The van der Waals surface area contributed by atoms with Crippen LogP contribution in [0.1, 0.15) is 18.4 Å². The van der Waals surface area contributed by atoms with E-state index in [1.165, 1.54) is 27.8 Å². The summed E-state index contributed by atoms with van der Waals surface area (Å²) in [7, 11) is -7.06. The Bertz CT molecular complexity index is 1700. The van der Waals surface area contributed by atoms with Gasteiger partial charge in [-0.25, -0.2) is 21.8 Å². The predicted octanol–water partition coefficient (Wildman–Crippen LogP) is 4.44. The van der Waals surface area contributed by atoms with Gasteiger partial charge in [-0.1, -0.05) is 29.0 Å². The molecule has 9 nitrogen and oxygen atoms in total. The molecule has 1 aliphatic rings. The summed E-state index contributed by atoms with van der Waals surface area (Å²) in [5, 5.41) is 0.447. The fourth-order valence-electron chi connectivity index (χ4n) is 4.28. The average Bonchev–Trinajstić information content (AvgIpc) is 3.53. The van der Waals surface area contributed by atoms with Crippen LogP contribution in [0, 0.1) is 5.92 Å². The van der Waals surface area contributed by atoms with E-state index in [-0.39, 0.29) is 34.6 Å². The first-order valence-electron chi connectivity index (χ1n) is 11.6. The van der Waals surface area contributed by atoms with Crippen molar-refractivity contribution in [1.82, 2.24) is 14.3 Å². The zero-order chi connectivity index (χ0) is 27.1. The Morgan fingerprint density at radius 3 is 2.50 bits per heavy atom. The first kappa shape index (κ1) is 27.2. The number of rotatable bonds is 7. The molecule has 0 atom stereocenters. The van der Waals surface area contributed by atoms with E-state index in [0.29, 0.717) is 32.5 Å². The summed E-state index contributed by atoms with van der Waals surface area (Å²) in [6.45, 7) is 0.663. The molecule has 14 heteroatoms. The highest BCUT2D eigenvalue weighted by Crippen LogP contribution is 2.35. The molecule has 0 bridgehead atoms. The van der Waals surface area contributed by atoms with E-state index in [0.717, 1.165) is 23.2 Å². The third-order valence-corrected chi connectivity index (χ3v) is 12.0. The van der Waals surface area contributed by atoms with E-state index in [9.17, 15) is 21.6 Å². The molecule has 0 unspecified atom stereocenters. The predicted molar refractivity (Wildman–Crippen MR) is 149 cm³/mol. The van der Waals surface area contributed by atoms with Crippen LogP contribution in [0.5, 0.6) is 0 Å². The molecular formula is C24H23ClN4O5S4. The lowest BCUT2D eigenvalue weighted by Crippen LogP contribution is -2.44. The molecule has 0 N–H and O–H groups in total. The van der Waals surface area contributed by atoms with E-state index in [1.54, 1.807) is 41.6 Å². The number of thiophene rings is 1. The van der Waals surface area contributed by atoms with Gasteiger partial charge >= 0.3 is 0 Å². The van der Waals surface area contributed by atoms with Crippen molar-refractivity contribution in [3.05, 3.63) is 64.8 Å². The number of sulfonamides is 1. The Morgan fingerprint density at radius 1 is 1.11 bits per heavy atom. The Morgan fingerprint density at radius 2 is 1.87 bits per heavy atom. The minimum Gasteiger partial charge on any atom is -0.283 e.